The number of fused-ring (bicyclic) bond motifs is 1. The fourth-order valence-corrected chi connectivity index (χ4v) is 6.83. The van der Waals surface area contributed by atoms with Gasteiger partial charge in [0.15, 0.2) is 0 Å². The summed E-state index contributed by atoms with van der Waals surface area (Å²) in [6.07, 6.45) is 5.03. The second-order valence-electron chi connectivity index (χ2n) is 13.0. The van der Waals surface area contributed by atoms with Crippen molar-refractivity contribution in [3.05, 3.63) is 141 Å². The van der Waals surface area contributed by atoms with Crippen molar-refractivity contribution < 1.29 is 27.9 Å². The Balaban J connectivity index is 0.000000238. The average molecular weight is 849 g/mol. The smallest absolute Gasteiger partial charge is 0.296 e. The van der Waals surface area contributed by atoms with Crippen LogP contribution in [0.4, 0.5) is 31.5 Å². The van der Waals surface area contributed by atoms with E-state index in [9.17, 15) is 14.5 Å². The Morgan fingerprint density at radius 3 is 2.10 bits per heavy atom. The maximum Gasteiger partial charge on any atom is 0.296 e. The van der Waals surface area contributed by atoms with Gasteiger partial charge in [0.1, 0.15) is 28.8 Å². The highest BCUT2D eigenvalue weighted by Gasteiger charge is 2.22. The summed E-state index contributed by atoms with van der Waals surface area (Å²) in [4.78, 5) is 30.7. The number of nitro groups is 1. The number of nitrogens with one attached hydrogen (secondary N) is 1. The largest absolute Gasteiger partial charge is 0.497 e. The van der Waals surface area contributed by atoms with Crippen LogP contribution in [0.15, 0.2) is 114 Å². The lowest BCUT2D eigenvalue weighted by Crippen LogP contribution is -2.36. The van der Waals surface area contributed by atoms with Gasteiger partial charge in [0.2, 0.25) is 0 Å². The molecule has 15 heteroatoms. The molecule has 1 N–H and O–H groups in total. The first-order valence-electron chi connectivity index (χ1n) is 18.0. The number of methoxy groups -OCH3 is 2. The Bertz CT molecular complexity index is 2580. The number of benzene rings is 3. The Kier molecular flexibility index (Phi) is 12.1. The zero-order valence-electron chi connectivity index (χ0n) is 31.6. The lowest BCUT2D eigenvalue weighted by molar-refractivity contribution is -0.384. The van der Waals surface area contributed by atoms with Gasteiger partial charge in [-0.05, 0) is 89.6 Å². The molecule has 0 atom stereocenters. The van der Waals surface area contributed by atoms with E-state index in [4.69, 9.17) is 19.2 Å². The number of hydrogen-bond donors (Lipinski definition) is 1. The van der Waals surface area contributed by atoms with Crippen molar-refractivity contribution in [1.29, 1.82) is 0 Å². The molecular weight excluding hydrogens is 812 g/mol. The van der Waals surface area contributed by atoms with Gasteiger partial charge in [-0.15, -0.1) is 0 Å². The molecule has 4 aromatic heterocycles. The number of hydrogen-bond acceptors (Lipinski definition) is 11. The standard InChI is InChI=1S/C31H27F2N5O2.C12H9BrN2O3/c1-19-29(25-5-3-4-10-34-25)36-26-16-21(32)15-24(33)28(26)30(19)37-27-17-22(38-11-13-40-14-12-38)18-35-31(27)20-6-8-23(39-2)9-7-20;1-18-10-4-2-8(3-5-10)12-11(15(16)17)6-9(13)7-14-12/h3-10,15-18H,11-14H2,1-2H3,(H,36,37);2-7H,1H3. The quantitative estimate of drug-likeness (QED) is 0.110. The molecule has 1 saturated heterocycles. The zero-order chi connectivity index (χ0) is 40.8. The molecule has 1 aliphatic heterocycles. The van der Waals surface area contributed by atoms with Crippen molar-refractivity contribution in [2.45, 2.75) is 6.92 Å². The third-order valence-corrected chi connectivity index (χ3v) is 9.85. The SMILES string of the molecule is COc1ccc(-c2ncc(Br)cc2[N+](=O)[O-])cc1.COc1ccc(-c2ncc(N3CCOCC3)cc2Nc2c(C)c(-c3ccccn3)nc3cc(F)cc(F)c23)cc1. The van der Waals surface area contributed by atoms with Crippen LogP contribution in [0.2, 0.25) is 0 Å². The number of anilines is 3. The first-order chi connectivity index (χ1) is 28.1. The van der Waals surface area contributed by atoms with Gasteiger partial charge in [-0.25, -0.2) is 18.7 Å². The van der Waals surface area contributed by atoms with Crippen molar-refractivity contribution in [3.63, 3.8) is 0 Å². The van der Waals surface area contributed by atoms with Gasteiger partial charge >= 0.3 is 0 Å². The topological polar surface area (TPSA) is 138 Å². The summed E-state index contributed by atoms with van der Waals surface area (Å²) in [7, 11) is 3.18. The molecule has 0 bridgehead atoms. The monoisotopic (exact) mass is 847 g/mol. The summed E-state index contributed by atoms with van der Waals surface area (Å²) in [6, 6.07) is 25.6. The van der Waals surface area contributed by atoms with Gasteiger partial charge in [0.25, 0.3) is 5.69 Å². The first kappa shape index (κ1) is 39.6. The third kappa shape index (κ3) is 8.70. The molecule has 0 amide bonds. The Morgan fingerprint density at radius 1 is 0.828 bits per heavy atom. The summed E-state index contributed by atoms with van der Waals surface area (Å²) in [6.45, 7) is 4.58. The van der Waals surface area contributed by atoms with E-state index in [0.29, 0.717) is 68.7 Å². The fourth-order valence-electron chi connectivity index (χ4n) is 6.51. The number of ether oxygens (including phenoxy) is 3. The van der Waals surface area contributed by atoms with E-state index in [0.717, 1.165) is 36.2 Å². The molecular formula is C43H36BrF2N7O5. The van der Waals surface area contributed by atoms with Gasteiger partial charge in [0.05, 0.1) is 83.6 Å². The molecule has 5 heterocycles. The number of pyridine rings is 4. The molecule has 0 aliphatic carbocycles. The zero-order valence-corrected chi connectivity index (χ0v) is 33.2. The van der Waals surface area contributed by atoms with Gasteiger partial charge in [-0.3, -0.25) is 20.1 Å². The number of aromatic nitrogens is 4. The van der Waals surface area contributed by atoms with Crippen molar-refractivity contribution in [2.24, 2.45) is 0 Å². The summed E-state index contributed by atoms with van der Waals surface area (Å²) in [5.41, 5.74) is 6.55. The second-order valence-corrected chi connectivity index (χ2v) is 13.9. The number of rotatable bonds is 9. The van der Waals surface area contributed by atoms with E-state index in [2.05, 4.69) is 41.1 Å². The predicted molar refractivity (Wildman–Crippen MR) is 223 cm³/mol. The minimum atomic E-state index is -0.705. The van der Waals surface area contributed by atoms with Crippen molar-refractivity contribution >= 4 is 49.6 Å². The van der Waals surface area contributed by atoms with Crippen LogP contribution in [0, 0.1) is 28.7 Å². The molecule has 7 aromatic rings. The molecule has 0 saturated carbocycles. The maximum atomic E-state index is 15.4. The normalized spacial score (nSPS) is 12.4. The van der Waals surface area contributed by atoms with Crippen LogP contribution in [0.1, 0.15) is 5.56 Å². The molecule has 12 nitrogen and oxygen atoms in total. The Hall–Kier alpha value is -6.58. The van der Waals surface area contributed by atoms with Crippen LogP contribution in [0.25, 0.3) is 44.8 Å². The van der Waals surface area contributed by atoms with Gasteiger partial charge in [-0.2, -0.15) is 0 Å². The highest BCUT2D eigenvalue weighted by Crippen LogP contribution is 2.40. The molecule has 1 aliphatic rings. The summed E-state index contributed by atoms with van der Waals surface area (Å²) in [5, 5.41) is 14.7. The van der Waals surface area contributed by atoms with Crippen LogP contribution < -0.4 is 19.7 Å². The Morgan fingerprint density at radius 2 is 1.48 bits per heavy atom. The van der Waals surface area contributed by atoms with Crippen LogP contribution in [0.3, 0.4) is 0 Å². The van der Waals surface area contributed by atoms with Crippen LogP contribution in [0.5, 0.6) is 11.5 Å². The van der Waals surface area contributed by atoms with Gasteiger partial charge in [-0.1, -0.05) is 6.07 Å². The van der Waals surface area contributed by atoms with E-state index in [1.165, 1.54) is 18.3 Å². The van der Waals surface area contributed by atoms with E-state index in [-0.39, 0.29) is 16.6 Å². The van der Waals surface area contributed by atoms with Crippen molar-refractivity contribution in [2.75, 3.05) is 50.7 Å². The minimum Gasteiger partial charge on any atom is -0.497 e. The number of morpholine rings is 1. The second kappa shape index (κ2) is 17.7. The molecule has 0 unspecified atom stereocenters. The Labute approximate surface area is 340 Å². The van der Waals surface area contributed by atoms with E-state index in [1.54, 1.807) is 44.7 Å². The fraction of sp³-hybridized carbons (Fsp3) is 0.163. The van der Waals surface area contributed by atoms with E-state index < -0.39 is 16.6 Å². The molecule has 3 aromatic carbocycles. The van der Waals surface area contributed by atoms with Crippen molar-refractivity contribution in [3.8, 4) is 45.4 Å². The van der Waals surface area contributed by atoms with Crippen LogP contribution >= 0.6 is 15.9 Å². The van der Waals surface area contributed by atoms with Crippen molar-refractivity contribution in [1.82, 2.24) is 19.9 Å². The lowest BCUT2D eigenvalue weighted by atomic mass is 10.0. The van der Waals surface area contributed by atoms with Gasteiger partial charge < -0.3 is 24.4 Å². The average Bonchev–Trinajstić information content (AvgIpc) is 3.25. The van der Waals surface area contributed by atoms with Crippen LogP contribution in [-0.2, 0) is 4.74 Å². The van der Waals surface area contributed by atoms with E-state index >= 15 is 4.39 Å². The lowest BCUT2D eigenvalue weighted by Gasteiger charge is -2.29. The molecule has 1 fully saturated rings. The molecule has 58 heavy (non-hydrogen) atoms. The highest BCUT2D eigenvalue weighted by molar-refractivity contribution is 9.10. The predicted octanol–water partition coefficient (Wildman–Crippen LogP) is 9.96. The third-order valence-electron chi connectivity index (χ3n) is 9.42. The summed E-state index contributed by atoms with van der Waals surface area (Å²) < 4.78 is 46.2. The maximum absolute atomic E-state index is 15.4. The highest BCUT2D eigenvalue weighted by atomic mass is 79.9. The van der Waals surface area contributed by atoms with Gasteiger partial charge in [0, 0.05) is 64.8 Å². The first-order valence-corrected chi connectivity index (χ1v) is 18.8. The molecule has 294 valence electrons. The van der Waals surface area contributed by atoms with E-state index in [1.807, 2.05) is 61.7 Å². The summed E-state index contributed by atoms with van der Waals surface area (Å²) in [5.74, 6) is 0.0138. The molecule has 0 radical (unpaired) electrons. The summed E-state index contributed by atoms with van der Waals surface area (Å²) >= 11 is 3.17. The van der Waals surface area contributed by atoms with Crippen LogP contribution in [-0.4, -0.2) is 65.4 Å². The molecule has 8 rings (SSSR count). The number of halogens is 3. The minimum absolute atomic E-state index is 0.0328. The molecule has 0 spiro atoms. The number of nitrogens with zero attached hydrogens (tertiary/aromatic N) is 6.